The number of carbonyl (C=O) groups is 2. The van der Waals surface area contributed by atoms with Gasteiger partial charge in [-0.05, 0) is 33.6 Å². The van der Waals surface area contributed by atoms with E-state index in [0.29, 0.717) is 18.6 Å². The Hall–Kier alpha value is -1.12. The van der Waals surface area contributed by atoms with Gasteiger partial charge in [0, 0.05) is 12.0 Å². The van der Waals surface area contributed by atoms with Crippen LogP contribution in [-0.2, 0) is 14.3 Å². The third kappa shape index (κ3) is 6.40. The summed E-state index contributed by atoms with van der Waals surface area (Å²) >= 11 is 0. The van der Waals surface area contributed by atoms with E-state index in [4.69, 9.17) is 4.74 Å². The first kappa shape index (κ1) is 12.9. The van der Waals surface area contributed by atoms with E-state index in [1.807, 2.05) is 6.08 Å². The molecule has 0 atom stereocenters. The Kier molecular flexibility index (Phi) is 6.72. The average Bonchev–Trinajstić information content (AvgIpc) is 2.12. The summed E-state index contributed by atoms with van der Waals surface area (Å²) in [6.45, 7) is 5.48. The number of allylic oxidation sites excluding steroid dienone is 1. The molecule has 3 heteroatoms. The normalized spacial score (nSPS) is 11.2. The van der Waals surface area contributed by atoms with Crippen LogP contribution in [0.25, 0.3) is 0 Å². The van der Waals surface area contributed by atoms with Crippen molar-refractivity contribution in [2.75, 3.05) is 6.61 Å². The maximum Gasteiger partial charge on any atom is 0.333 e. The minimum absolute atomic E-state index is 0.187. The van der Waals surface area contributed by atoms with Crippen molar-refractivity contribution < 1.29 is 14.3 Å². The highest BCUT2D eigenvalue weighted by atomic mass is 16.5. The van der Waals surface area contributed by atoms with Gasteiger partial charge in [-0.2, -0.15) is 0 Å². The number of ether oxygens (including phenoxy) is 1. The topological polar surface area (TPSA) is 43.4 Å². The fourth-order valence-corrected chi connectivity index (χ4v) is 0.998. The summed E-state index contributed by atoms with van der Waals surface area (Å²) < 4.78 is 4.81. The lowest BCUT2D eigenvalue weighted by Gasteiger charge is -2.00. The van der Waals surface area contributed by atoms with Crippen molar-refractivity contribution in [3.8, 4) is 0 Å². The molecular formula is C11H18O3. The van der Waals surface area contributed by atoms with Crippen molar-refractivity contribution in [2.24, 2.45) is 0 Å². The Morgan fingerprint density at radius 2 is 1.93 bits per heavy atom. The number of hydrogen-bond donors (Lipinski definition) is 0. The van der Waals surface area contributed by atoms with Crippen molar-refractivity contribution in [3.63, 3.8) is 0 Å². The molecule has 0 fully saturated rings. The predicted molar refractivity (Wildman–Crippen MR) is 54.9 cm³/mol. The van der Waals surface area contributed by atoms with E-state index < -0.39 is 0 Å². The van der Waals surface area contributed by atoms with Crippen molar-refractivity contribution in [3.05, 3.63) is 11.6 Å². The molecule has 0 aliphatic heterocycles. The average molecular weight is 198 g/mol. The summed E-state index contributed by atoms with van der Waals surface area (Å²) in [7, 11) is 0. The molecule has 0 spiro atoms. The maximum absolute atomic E-state index is 11.1. The molecule has 0 unspecified atom stereocenters. The van der Waals surface area contributed by atoms with Crippen LogP contribution < -0.4 is 0 Å². The van der Waals surface area contributed by atoms with Crippen LogP contribution in [0.5, 0.6) is 0 Å². The Balaban J connectivity index is 3.76. The van der Waals surface area contributed by atoms with Crippen LogP contribution in [0.3, 0.4) is 0 Å². The fraction of sp³-hybridized carbons (Fsp3) is 0.636. The van der Waals surface area contributed by atoms with E-state index in [0.717, 1.165) is 12.8 Å². The van der Waals surface area contributed by atoms with Crippen molar-refractivity contribution in [1.82, 2.24) is 0 Å². The third-order valence-corrected chi connectivity index (χ3v) is 1.78. The van der Waals surface area contributed by atoms with Crippen molar-refractivity contribution in [2.45, 2.75) is 40.0 Å². The van der Waals surface area contributed by atoms with Gasteiger partial charge in [0.15, 0.2) is 0 Å². The zero-order valence-corrected chi connectivity index (χ0v) is 9.13. The van der Waals surface area contributed by atoms with E-state index >= 15 is 0 Å². The maximum atomic E-state index is 11.1. The van der Waals surface area contributed by atoms with Gasteiger partial charge in [-0.3, -0.25) is 0 Å². The number of ketones is 1. The SMILES string of the molecule is CCOC(=O)/C(C)=C/CCCC(C)=O. The van der Waals surface area contributed by atoms with Crippen LogP contribution in [0.2, 0.25) is 0 Å². The molecular weight excluding hydrogens is 180 g/mol. The van der Waals surface area contributed by atoms with Crippen LogP contribution in [-0.4, -0.2) is 18.4 Å². The Bertz CT molecular complexity index is 229. The number of rotatable bonds is 6. The second kappa shape index (κ2) is 7.30. The molecule has 14 heavy (non-hydrogen) atoms. The van der Waals surface area contributed by atoms with Gasteiger partial charge in [0.1, 0.15) is 5.78 Å². The van der Waals surface area contributed by atoms with Gasteiger partial charge in [-0.1, -0.05) is 6.08 Å². The van der Waals surface area contributed by atoms with E-state index in [-0.39, 0.29) is 11.8 Å². The number of esters is 1. The summed E-state index contributed by atoms with van der Waals surface area (Å²) in [6, 6.07) is 0. The lowest BCUT2D eigenvalue weighted by atomic mass is 10.1. The summed E-state index contributed by atoms with van der Waals surface area (Å²) in [5, 5.41) is 0. The summed E-state index contributed by atoms with van der Waals surface area (Å²) in [5.41, 5.74) is 0.621. The second-order valence-electron chi connectivity index (χ2n) is 3.20. The Morgan fingerprint density at radius 1 is 1.29 bits per heavy atom. The lowest BCUT2D eigenvalue weighted by molar-refractivity contribution is -0.138. The van der Waals surface area contributed by atoms with Gasteiger partial charge in [-0.15, -0.1) is 0 Å². The van der Waals surface area contributed by atoms with E-state index in [1.165, 1.54) is 0 Å². The summed E-state index contributed by atoms with van der Waals surface area (Å²) in [4.78, 5) is 21.7. The standard InChI is InChI=1S/C11H18O3/c1-4-14-11(13)9(2)7-5-6-8-10(3)12/h7H,4-6,8H2,1-3H3/b9-7+. The quantitative estimate of drug-likeness (QED) is 0.373. The highest BCUT2D eigenvalue weighted by Crippen LogP contribution is 2.03. The highest BCUT2D eigenvalue weighted by Gasteiger charge is 2.02. The monoisotopic (exact) mass is 198 g/mol. The second-order valence-corrected chi connectivity index (χ2v) is 3.20. The fourth-order valence-electron chi connectivity index (χ4n) is 0.998. The molecule has 3 nitrogen and oxygen atoms in total. The molecule has 0 aliphatic carbocycles. The van der Waals surface area contributed by atoms with Crippen LogP contribution >= 0.6 is 0 Å². The molecule has 0 amide bonds. The molecule has 0 radical (unpaired) electrons. The molecule has 0 aromatic carbocycles. The molecule has 0 saturated carbocycles. The predicted octanol–water partition coefficient (Wildman–Crippen LogP) is 2.26. The minimum Gasteiger partial charge on any atom is -0.463 e. The van der Waals surface area contributed by atoms with Gasteiger partial charge in [-0.25, -0.2) is 4.79 Å². The lowest BCUT2D eigenvalue weighted by Crippen LogP contribution is -2.04. The number of Topliss-reactive ketones (excluding diaryl/α,β-unsaturated/α-hetero) is 1. The molecule has 0 aromatic heterocycles. The van der Waals surface area contributed by atoms with Gasteiger partial charge in [0.25, 0.3) is 0 Å². The zero-order chi connectivity index (χ0) is 11.0. The first-order chi connectivity index (χ1) is 6.57. The molecule has 80 valence electrons. The summed E-state index contributed by atoms with van der Waals surface area (Å²) in [5.74, 6) is -0.0810. The Labute approximate surface area is 85.1 Å². The molecule has 0 N–H and O–H groups in total. The Morgan fingerprint density at radius 3 is 2.43 bits per heavy atom. The molecule has 0 heterocycles. The van der Waals surface area contributed by atoms with Crippen LogP contribution in [0.4, 0.5) is 0 Å². The molecule has 0 rings (SSSR count). The van der Waals surface area contributed by atoms with Crippen LogP contribution in [0, 0.1) is 0 Å². The van der Waals surface area contributed by atoms with Gasteiger partial charge >= 0.3 is 5.97 Å². The first-order valence-electron chi connectivity index (χ1n) is 4.91. The number of carbonyl (C=O) groups excluding carboxylic acids is 2. The van der Waals surface area contributed by atoms with Crippen LogP contribution in [0.15, 0.2) is 11.6 Å². The van der Waals surface area contributed by atoms with Crippen molar-refractivity contribution >= 4 is 11.8 Å². The van der Waals surface area contributed by atoms with Gasteiger partial charge in [0.2, 0.25) is 0 Å². The van der Waals surface area contributed by atoms with E-state index in [9.17, 15) is 9.59 Å². The van der Waals surface area contributed by atoms with E-state index in [1.54, 1.807) is 20.8 Å². The third-order valence-electron chi connectivity index (χ3n) is 1.78. The van der Waals surface area contributed by atoms with Gasteiger partial charge in [0.05, 0.1) is 6.61 Å². The molecule has 0 bridgehead atoms. The first-order valence-corrected chi connectivity index (χ1v) is 4.91. The smallest absolute Gasteiger partial charge is 0.333 e. The summed E-state index contributed by atoms with van der Waals surface area (Å²) in [6.07, 6.45) is 3.95. The highest BCUT2D eigenvalue weighted by molar-refractivity contribution is 5.87. The minimum atomic E-state index is -0.268. The van der Waals surface area contributed by atoms with Crippen LogP contribution in [0.1, 0.15) is 40.0 Å². The largest absolute Gasteiger partial charge is 0.463 e. The van der Waals surface area contributed by atoms with Crippen molar-refractivity contribution in [1.29, 1.82) is 0 Å². The number of hydrogen-bond acceptors (Lipinski definition) is 3. The van der Waals surface area contributed by atoms with Gasteiger partial charge < -0.3 is 9.53 Å². The molecule has 0 aromatic rings. The zero-order valence-electron chi connectivity index (χ0n) is 9.13. The number of unbranched alkanes of at least 4 members (excludes halogenated alkanes) is 1. The van der Waals surface area contributed by atoms with E-state index in [2.05, 4.69) is 0 Å². The molecule has 0 saturated heterocycles. The molecule has 0 aliphatic rings.